The molecule has 1 amide bonds. The predicted molar refractivity (Wildman–Crippen MR) is 70.2 cm³/mol. The van der Waals surface area contributed by atoms with Gasteiger partial charge in [-0.15, -0.1) is 0 Å². The van der Waals surface area contributed by atoms with E-state index in [2.05, 4.69) is 0 Å². The Hall–Kier alpha value is -1.72. The van der Waals surface area contributed by atoms with Crippen molar-refractivity contribution in [1.82, 2.24) is 4.90 Å². The molecule has 2 rings (SSSR count). The lowest BCUT2D eigenvalue weighted by Crippen LogP contribution is -2.42. The second-order valence-corrected chi connectivity index (χ2v) is 5.67. The Balaban J connectivity index is 2.37. The summed E-state index contributed by atoms with van der Waals surface area (Å²) < 4.78 is 38.4. The van der Waals surface area contributed by atoms with Gasteiger partial charge in [0.1, 0.15) is 0 Å². The fourth-order valence-electron chi connectivity index (χ4n) is 2.57. The van der Waals surface area contributed by atoms with E-state index in [0.717, 1.165) is 25.0 Å². The molecule has 110 valence electrons. The Kier molecular flexibility index (Phi) is 3.44. The number of halogens is 3. The lowest BCUT2D eigenvalue weighted by Gasteiger charge is -2.31. The zero-order valence-electron chi connectivity index (χ0n) is 11.4. The van der Waals surface area contributed by atoms with Crippen LogP contribution < -0.4 is 5.73 Å². The number of amides is 1. The van der Waals surface area contributed by atoms with E-state index in [0.29, 0.717) is 6.54 Å². The Morgan fingerprint density at radius 1 is 1.35 bits per heavy atom. The number of nitrogens with two attached hydrogens (primary N) is 1. The first-order valence-electron chi connectivity index (χ1n) is 6.41. The number of alkyl halides is 3. The topological polar surface area (TPSA) is 46.3 Å². The molecule has 2 N–H and O–H groups in total. The van der Waals surface area contributed by atoms with Gasteiger partial charge in [-0.1, -0.05) is 0 Å². The molecule has 1 fully saturated rings. The molecule has 6 heteroatoms. The van der Waals surface area contributed by atoms with E-state index in [1.807, 2.05) is 13.8 Å². The molecule has 3 nitrogen and oxygen atoms in total. The van der Waals surface area contributed by atoms with Crippen molar-refractivity contribution in [2.45, 2.75) is 38.4 Å². The van der Waals surface area contributed by atoms with Crippen LogP contribution in [0.15, 0.2) is 18.2 Å². The molecule has 1 aromatic carbocycles. The van der Waals surface area contributed by atoms with Gasteiger partial charge in [0.25, 0.3) is 5.91 Å². The Bertz CT molecular complexity index is 538. The summed E-state index contributed by atoms with van der Waals surface area (Å²) in [5, 5.41) is 0. The zero-order valence-corrected chi connectivity index (χ0v) is 11.4. The SMILES string of the molecule is CC1(C)CCCN1C(=O)c1ccc(N)c(C(F)(F)F)c1. The molecule has 0 bridgehead atoms. The van der Waals surface area contributed by atoms with Crippen molar-refractivity contribution in [2.75, 3.05) is 12.3 Å². The minimum Gasteiger partial charge on any atom is -0.398 e. The van der Waals surface area contributed by atoms with Gasteiger partial charge in [-0.05, 0) is 44.9 Å². The maximum Gasteiger partial charge on any atom is 0.418 e. The number of rotatable bonds is 1. The van der Waals surface area contributed by atoms with Crippen LogP contribution in [0.25, 0.3) is 0 Å². The molecule has 0 aromatic heterocycles. The van der Waals surface area contributed by atoms with E-state index in [4.69, 9.17) is 5.73 Å². The molecule has 0 saturated carbocycles. The van der Waals surface area contributed by atoms with Crippen LogP contribution in [-0.4, -0.2) is 22.9 Å². The highest BCUT2D eigenvalue weighted by Crippen LogP contribution is 2.35. The van der Waals surface area contributed by atoms with E-state index >= 15 is 0 Å². The third-order valence-electron chi connectivity index (χ3n) is 3.75. The molecular weight excluding hydrogens is 269 g/mol. The van der Waals surface area contributed by atoms with Crippen molar-refractivity contribution in [2.24, 2.45) is 0 Å². The number of likely N-dealkylation sites (tertiary alicyclic amines) is 1. The highest BCUT2D eigenvalue weighted by molar-refractivity contribution is 5.95. The number of nitrogens with zero attached hydrogens (tertiary/aromatic N) is 1. The van der Waals surface area contributed by atoms with E-state index in [9.17, 15) is 18.0 Å². The summed E-state index contributed by atoms with van der Waals surface area (Å²) >= 11 is 0. The van der Waals surface area contributed by atoms with Gasteiger partial charge in [-0.3, -0.25) is 4.79 Å². The van der Waals surface area contributed by atoms with Crippen molar-refractivity contribution >= 4 is 11.6 Å². The lowest BCUT2D eigenvalue weighted by molar-refractivity contribution is -0.136. The van der Waals surface area contributed by atoms with E-state index in [1.165, 1.54) is 6.07 Å². The molecule has 1 aliphatic heterocycles. The Labute approximate surface area is 115 Å². The van der Waals surface area contributed by atoms with Gasteiger partial charge in [0.15, 0.2) is 0 Å². The lowest BCUT2D eigenvalue weighted by atomic mass is 10.0. The quantitative estimate of drug-likeness (QED) is 0.805. The summed E-state index contributed by atoms with van der Waals surface area (Å²) in [5.74, 6) is -0.377. The summed E-state index contributed by atoms with van der Waals surface area (Å²) in [6.07, 6.45) is -2.85. The maximum absolute atomic E-state index is 12.8. The average Bonchev–Trinajstić information content (AvgIpc) is 2.67. The van der Waals surface area contributed by atoms with Crippen molar-refractivity contribution in [1.29, 1.82) is 0 Å². The molecule has 0 unspecified atom stereocenters. The van der Waals surface area contributed by atoms with Crippen LogP contribution >= 0.6 is 0 Å². The monoisotopic (exact) mass is 286 g/mol. The van der Waals surface area contributed by atoms with Crippen molar-refractivity contribution in [3.05, 3.63) is 29.3 Å². The predicted octanol–water partition coefficient (Wildman–Crippen LogP) is 3.30. The van der Waals surface area contributed by atoms with E-state index in [-0.39, 0.29) is 22.7 Å². The number of anilines is 1. The van der Waals surface area contributed by atoms with Crippen molar-refractivity contribution in [3.8, 4) is 0 Å². The summed E-state index contributed by atoms with van der Waals surface area (Å²) in [6, 6.07) is 3.33. The zero-order chi connectivity index (χ0) is 15.1. The molecular formula is C14H17F3N2O. The van der Waals surface area contributed by atoms with Crippen LogP contribution in [-0.2, 0) is 6.18 Å². The van der Waals surface area contributed by atoms with Crippen LogP contribution in [0.4, 0.5) is 18.9 Å². The van der Waals surface area contributed by atoms with Crippen LogP contribution in [0.1, 0.15) is 42.6 Å². The summed E-state index contributed by atoms with van der Waals surface area (Å²) in [6.45, 7) is 4.40. The van der Waals surface area contributed by atoms with Gasteiger partial charge < -0.3 is 10.6 Å². The molecule has 0 radical (unpaired) electrons. The third kappa shape index (κ3) is 2.59. The highest BCUT2D eigenvalue weighted by atomic mass is 19.4. The van der Waals surface area contributed by atoms with Gasteiger partial charge in [-0.2, -0.15) is 13.2 Å². The number of nitrogen functional groups attached to an aromatic ring is 1. The van der Waals surface area contributed by atoms with Crippen molar-refractivity contribution < 1.29 is 18.0 Å². The van der Waals surface area contributed by atoms with E-state index in [1.54, 1.807) is 4.90 Å². The highest BCUT2D eigenvalue weighted by Gasteiger charge is 2.38. The molecule has 1 aliphatic rings. The second kappa shape index (κ2) is 4.68. The minimum atomic E-state index is -4.55. The standard InChI is InChI=1S/C14H17F3N2O/c1-13(2)6-3-7-19(13)12(20)9-4-5-11(18)10(8-9)14(15,16)17/h4-5,8H,3,6-7,18H2,1-2H3. The maximum atomic E-state index is 12.8. The smallest absolute Gasteiger partial charge is 0.398 e. The molecule has 1 aromatic rings. The molecule has 0 aliphatic carbocycles. The Morgan fingerprint density at radius 2 is 2.00 bits per heavy atom. The van der Waals surface area contributed by atoms with Gasteiger partial charge in [0.2, 0.25) is 0 Å². The van der Waals surface area contributed by atoms with Crippen LogP contribution in [0, 0.1) is 0 Å². The first-order valence-corrected chi connectivity index (χ1v) is 6.41. The number of hydrogen-bond donors (Lipinski definition) is 1. The van der Waals surface area contributed by atoms with Gasteiger partial charge in [0.05, 0.1) is 5.56 Å². The van der Waals surface area contributed by atoms with E-state index < -0.39 is 11.7 Å². The molecule has 1 saturated heterocycles. The average molecular weight is 286 g/mol. The number of carbonyl (C=O) groups is 1. The van der Waals surface area contributed by atoms with Crippen LogP contribution in [0.2, 0.25) is 0 Å². The largest absolute Gasteiger partial charge is 0.418 e. The number of carbonyl (C=O) groups excluding carboxylic acids is 1. The van der Waals surface area contributed by atoms with Crippen molar-refractivity contribution in [3.63, 3.8) is 0 Å². The fourth-order valence-corrected chi connectivity index (χ4v) is 2.57. The van der Waals surface area contributed by atoms with Gasteiger partial charge in [0, 0.05) is 23.3 Å². The summed E-state index contributed by atoms with van der Waals surface area (Å²) in [5.41, 5.74) is 3.72. The molecule has 1 heterocycles. The molecule has 0 atom stereocenters. The molecule has 20 heavy (non-hydrogen) atoms. The first kappa shape index (κ1) is 14.7. The summed E-state index contributed by atoms with van der Waals surface area (Å²) in [7, 11) is 0. The Morgan fingerprint density at radius 3 is 2.50 bits per heavy atom. The summed E-state index contributed by atoms with van der Waals surface area (Å²) in [4.78, 5) is 14.0. The van der Waals surface area contributed by atoms with Gasteiger partial charge in [-0.25, -0.2) is 0 Å². The molecule has 0 spiro atoms. The number of benzene rings is 1. The number of hydrogen-bond acceptors (Lipinski definition) is 2. The normalized spacial score (nSPS) is 18.4. The van der Waals surface area contributed by atoms with Crippen LogP contribution in [0.3, 0.4) is 0 Å². The van der Waals surface area contributed by atoms with Crippen LogP contribution in [0.5, 0.6) is 0 Å². The minimum absolute atomic E-state index is 0.0292. The third-order valence-corrected chi connectivity index (χ3v) is 3.75. The fraction of sp³-hybridized carbons (Fsp3) is 0.500. The van der Waals surface area contributed by atoms with Gasteiger partial charge >= 0.3 is 6.18 Å². The first-order chi connectivity index (χ1) is 9.13. The second-order valence-electron chi connectivity index (χ2n) is 5.67.